The van der Waals surface area contributed by atoms with Crippen molar-refractivity contribution in [3.63, 3.8) is 0 Å². The Morgan fingerprint density at radius 2 is 1.64 bits per heavy atom. The quantitative estimate of drug-likeness (QED) is 0.623. The topological polar surface area (TPSA) is 65.5 Å². The van der Waals surface area contributed by atoms with Crippen LogP contribution in [0, 0.1) is 0 Å². The summed E-state index contributed by atoms with van der Waals surface area (Å²) in [6.07, 6.45) is 0.674. The van der Waals surface area contributed by atoms with Gasteiger partial charge < -0.3 is 9.64 Å². The molecule has 0 aromatic heterocycles. The number of hydrogen-bond acceptors (Lipinski definition) is 5. The maximum Gasteiger partial charge on any atom is 0.270 e. The summed E-state index contributed by atoms with van der Waals surface area (Å²) in [4.78, 5) is 30.4. The third kappa shape index (κ3) is 6.27. The van der Waals surface area contributed by atoms with Crippen molar-refractivity contribution in [2.75, 3.05) is 32.8 Å². The summed E-state index contributed by atoms with van der Waals surface area (Å²) >= 11 is 0. The summed E-state index contributed by atoms with van der Waals surface area (Å²) in [6, 6.07) is 19.8. The number of carbonyl (C=O) groups is 2. The molecule has 2 aliphatic rings. The fraction of sp³-hybridized carbons (Fsp3) is 0.423. The predicted molar refractivity (Wildman–Crippen MR) is 127 cm³/mol. The van der Waals surface area contributed by atoms with Gasteiger partial charge in [0, 0.05) is 45.1 Å². The normalized spacial score (nSPS) is 18.0. The maximum atomic E-state index is 13.7. The Labute approximate surface area is 195 Å². The van der Waals surface area contributed by atoms with E-state index in [1.165, 1.54) is 5.01 Å². The van der Waals surface area contributed by atoms with Crippen LogP contribution >= 0.6 is 0 Å². The van der Waals surface area contributed by atoms with Gasteiger partial charge in [-0.1, -0.05) is 60.7 Å². The van der Waals surface area contributed by atoms with Crippen molar-refractivity contribution in [2.24, 2.45) is 5.10 Å². The van der Waals surface area contributed by atoms with Crippen molar-refractivity contribution in [1.82, 2.24) is 14.8 Å². The van der Waals surface area contributed by atoms with E-state index in [0.29, 0.717) is 31.6 Å². The molecule has 0 N–H and O–H groups in total. The molecule has 2 amide bonds. The van der Waals surface area contributed by atoms with E-state index in [4.69, 9.17) is 4.74 Å². The van der Waals surface area contributed by atoms with E-state index < -0.39 is 0 Å². The molecule has 7 heteroatoms. The van der Waals surface area contributed by atoms with Gasteiger partial charge in [-0.3, -0.25) is 14.5 Å². The van der Waals surface area contributed by atoms with Crippen molar-refractivity contribution in [2.45, 2.75) is 38.9 Å². The van der Waals surface area contributed by atoms with E-state index in [1.54, 1.807) is 0 Å². The molecule has 33 heavy (non-hydrogen) atoms. The van der Waals surface area contributed by atoms with Gasteiger partial charge in [-0.15, -0.1) is 0 Å². The van der Waals surface area contributed by atoms with Crippen LogP contribution in [0.5, 0.6) is 0 Å². The number of rotatable bonds is 8. The van der Waals surface area contributed by atoms with Crippen molar-refractivity contribution in [3.05, 3.63) is 71.8 Å². The molecular weight excluding hydrogens is 416 g/mol. The smallest absolute Gasteiger partial charge is 0.270 e. The van der Waals surface area contributed by atoms with Gasteiger partial charge >= 0.3 is 0 Å². The highest BCUT2D eigenvalue weighted by Crippen LogP contribution is 2.18. The van der Waals surface area contributed by atoms with Crippen LogP contribution < -0.4 is 0 Å². The summed E-state index contributed by atoms with van der Waals surface area (Å²) in [5.41, 5.74) is 2.52. The Kier molecular flexibility index (Phi) is 7.86. The third-order valence-electron chi connectivity index (χ3n) is 6.14. The molecule has 1 atom stereocenters. The lowest BCUT2D eigenvalue weighted by Crippen LogP contribution is -2.50. The van der Waals surface area contributed by atoms with Gasteiger partial charge in [0.15, 0.2) is 0 Å². The summed E-state index contributed by atoms with van der Waals surface area (Å²) in [7, 11) is 0. The molecule has 1 unspecified atom stereocenters. The predicted octanol–water partition coefficient (Wildman–Crippen LogP) is 2.91. The standard InChI is InChI=1S/C26H32N4O3/c1-21(18-28-14-16-33-17-15-28)29(19-22-8-4-2-5-9-22)26(32)24-12-13-25(31)30(27-24)20-23-10-6-3-7-11-23/h2-11,21H,12-20H2,1H3. The molecular formula is C26H32N4O3. The average molecular weight is 449 g/mol. The van der Waals surface area contributed by atoms with Crippen LogP contribution in [-0.4, -0.2) is 71.2 Å². The van der Waals surface area contributed by atoms with Crippen LogP contribution in [0.25, 0.3) is 0 Å². The molecule has 0 saturated carbocycles. The van der Waals surface area contributed by atoms with E-state index in [1.807, 2.05) is 65.6 Å². The van der Waals surface area contributed by atoms with Gasteiger partial charge in [0.2, 0.25) is 5.91 Å². The highest BCUT2D eigenvalue weighted by molar-refractivity contribution is 6.39. The minimum atomic E-state index is -0.0924. The highest BCUT2D eigenvalue weighted by atomic mass is 16.5. The minimum Gasteiger partial charge on any atom is -0.379 e. The molecule has 1 fully saturated rings. The number of hydrogen-bond donors (Lipinski definition) is 0. The Balaban J connectivity index is 1.53. The van der Waals surface area contributed by atoms with Crippen molar-refractivity contribution >= 4 is 17.5 Å². The first-order chi connectivity index (χ1) is 16.1. The zero-order chi connectivity index (χ0) is 23.0. The number of nitrogens with zero attached hydrogens (tertiary/aromatic N) is 4. The number of benzene rings is 2. The van der Waals surface area contributed by atoms with Gasteiger partial charge in [-0.05, 0) is 18.1 Å². The molecule has 2 heterocycles. The molecule has 2 aromatic rings. The van der Waals surface area contributed by atoms with Crippen LogP contribution in [0.1, 0.15) is 30.9 Å². The van der Waals surface area contributed by atoms with Crippen LogP contribution in [0.4, 0.5) is 0 Å². The molecule has 4 rings (SSSR count). The van der Waals surface area contributed by atoms with Gasteiger partial charge in [0.1, 0.15) is 5.71 Å². The SMILES string of the molecule is CC(CN1CCOCC1)N(Cc1ccccc1)C(=O)C1=NN(Cc2ccccc2)C(=O)CC1. The van der Waals surface area contributed by atoms with Crippen LogP contribution in [-0.2, 0) is 27.4 Å². The Morgan fingerprint density at radius 1 is 1.00 bits per heavy atom. The van der Waals surface area contributed by atoms with Gasteiger partial charge in [-0.25, -0.2) is 5.01 Å². The Morgan fingerprint density at radius 3 is 2.30 bits per heavy atom. The molecule has 0 spiro atoms. The van der Waals surface area contributed by atoms with Crippen LogP contribution in [0.3, 0.4) is 0 Å². The van der Waals surface area contributed by atoms with Crippen molar-refractivity contribution < 1.29 is 14.3 Å². The fourth-order valence-corrected chi connectivity index (χ4v) is 4.27. The first-order valence-corrected chi connectivity index (χ1v) is 11.7. The van der Waals surface area contributed by atoms with E-state index in [0.717, 1.165) is 44.0 Å². The third-order valence-corrected chi connectivity index (χ3v) is 6.14. The lowest BCUT2D eigenvalue weighted by molar-refractivity contribution is -0.133. The van der Waals surface area contributed by atoms with Gasteiger partial charge in [-0.2, -0.15) is 5.10 Å². The largest absolute Gasteiger partial charge is 0.379 e. The maximum absolute atomic E-state index is 13.7. The first-order valence-electron chi connectivity index (χ1n) is 11.7. The molecule has 2 aromatic carbocycles. The zero-order valence-corrected chi connectivity index (χ0v) is 19.2. The van der Waals surface area contributed by atoms with Gasteiger partial charge in [0.25, 0.3) is 5.91 Å². The molecule has 0 bridgehead atoms. The number of ether oxygens (including phenoxy) is 1. The van der Waals surface area contributed by atoms with E-state index in [9.17, 15) is 9.59 Å². The monoisotopic (exact) mass is 448 g/mol. The summed E-state index contributed by atoms with van der Waals surface area (Å²) in [5, 5.41) is 5.97. The highest BCUT2D eigenvalue weighted by Gasteiger charge is 2.31. The molecule has 0 radical (unpaired) electrons. The summed E-state index contributed by atoms with van der Waals surface area (Å²) in [5.74, 6) is -0.142. The number of hydrazone groups is 1. The number of morpholine rings is 1. The van der Waals surface area contributed by atoms with Gasteiger partial charge in [0.05, 0.1) is 19.8 Å². The number of amides is 2. The lowest BCUT2D eigenvalue weighted by Gasteiger charge is -2.36. The Hall–Kier alpha value is -3.03. The van der Waals surface area contributed by atoms with Crippen LogP contribution in [0.15, 0.2) is 65.8 Å². The lowest BCUT2D eigenvalue weighted by atomic mass is 10.1. The van der Waals surface area contributed by atoms with E-state index in [-0.39, 0.29) is 17.9 Å². The molecule has 174 valence electrons. The molecule has 2 aliphatic heterocycles. The molecule has 1 saturated heterocycles. The Bertz CT molecular complexity index is 958. The van der Waals surface area contributed by atoms with E-state index >= 15 is 0 Å². The second-order valence-corrected chi connectivity index (χ2v) is 8.66. The molecule has 0 aliphatic carbocycles. The van der Waals surface area contributed by atoms with Crippen molar-refractivity contribution in [3.8, 4) is 0 Å². The van der Waals surface area contributed by atoms with Crippen LogP contribution in [0.2, 0.25) is 0 Å². The second-order valence-electron chi connectivity index (χ2n) is 8.66. The minimum absolute atomic E-state index is 0.00120. The molecule has 7 nitrogen and oxygen atoms in total. The fourth-order valence-electron chi connectivity index (χ4n) is 4.27. The van der Waals surface area contributed by atoms with E-state index in [2.05, 4.69) is 16.9 Å². The summed E-state index contributed by atoms with van der Waals surface area (Å²) < 4.78 is 5.47. The first kappa shape index (κ1) is 23.1. The summed E-state index contributed by atoms with van der Waals surface area (Å²) in [6.45, 7) is 6.95. The zero-order valence-electron chi connectivity index (χ0n) is 19.2. The van der Waals surface area contributed by atoms with Crippen molar-refractivity contribution in [1.29, 1.82) is 0 Å². The second kappa shape index (κ2) is 11.2. The average Bonchev–Trinajstić information content (AvgIpc) is 2.85. The number of carbonyl (C=O) groups excluding carboxylic acids is 2.